The molecule has 24 heavy (non-hydrogen) atoms. The molecule has 4 nitrogen and oxygen atoms in total. The summed E-state index contributed by atoms with van der Waals surface area (Å²) in [6.45, 7) is 0. The first-order valence-electron chi connectivity index (χ1n) is 7.66. The van der Waals surface area contributed by atoms with Crippen LogP contribution in [-0.2, 0) is 4.79 Å². The van der Waals surface area contributed by atoms with Gasteiger partial charge in [0.05, 0.1) is 0 Å². The predicted molar refractivity (Wildman–Crippen MR) is 93.7 cm³/mol. The van der Waals surface area contributed by atoms with Crippen molar-refractivity contribution >= 4 is 11.7 Å². The normalized spacial score (nSPS) is 11.0. The van der Waals surface area contributed by atoms with E-state index in [1.54, 1.807) is 12.2 Å². The molecule has 0 aromatic heterocycles. The predicted octanol–water partition coefficient (Wildman–Crippen LogP) is 3.93. The molecule has 0 fully saturated rings. The SMILES string of the molecule is O=C(C=CC=CCCC(=O)c1ccc(-c2ccccc2)cc1)NO. The number of hydrogen-bond acceptors (Lipinski definition) is 3. The zero-order valence-corrected chi connectivity index (χ0v) is 13.2. The summed E-state index contributed by atoms with van der Waals surface area (Å²) in [6, 6.07) is 17.6. The van der Waals surface area contributed by atoms with Gasteiger partial charge < -0.3 is 0 Å². The number of hydrogen-bond donors (Lipinski definition) is 2. The Balaban J connectivity index is 1.86. The Hall–Kier alpha value is -2.98. The van der Waals surface area contributed by atoms with Crippen LogP contribution in [0.5, 0.6) is 0 Å². The van der Waals surface area contributed by atoms with E-state index < -0.39 is 5.91 Å². The van der Waals surface area contributed by atoms with Crippen LogP contribution >= 0.6 is 0 Å². The van der Waals surface area contributed by atoms with Crippen LogP contribution in [0.25, 0.3) is 11.1 Å². The van der Waals surface area contributed by atoms with E-state index >= 15 is 0 Å². The maximum Gasteiger partial charge on any atom is 0.267 e. The average molecular weight is 321 g/mol. The van der Waals surface area contributed by atoms with Gasteiger partial charge in [0.2, 0.25) is 0 Å². The van der Waals surface area contributed by atoms with E-state index in [2.05, 4.69) is 0 Å². The Morgan fingerprint density at radius 1 is 0.917 bits per heavy atom. The first kappa shape index (κ1) is 17.4. The van der Waals surface area contributed by atoms with Gasteiger partial charge in [-0.1, -0.05) is 72.8 Å². The van der Waals surface area contributed by atoms with E-state index in [1.807, 2.05) is 54.6 Å². The number of hydroxylamine groups is 1. The van der Waals surface area contributed by atoms with Crippen molar-refractivity contribution in [1.82, 2.24) is 5.48 Å². The van der Waals surface area contributed by atoms with Gasteiger partial charge in [-0.15, -0.1) is 0 Å². The summed E-state index contributed by atoms with van der Waals surface area (Å²) >= 11 is 0. The van der Waals surface area contributed by atoms with Crippen LogP contribution in [0.2, 0.25) is 0 Å². The maximum absolute atomic E-state index is 12.1. The van der Waals surface area contributed by atoms with Gasteiger partial charge in [0.1, 0.15) is 0 Å². The molecule has 2 rings (SSSR count). The Labute approximate surface area is 141 Å². The lowest BCUT2D eigenvalue weighted by atomic mass is 10.0. The zero-order chi connectivity index (χ0) is 17.2. The van der Waals surface area contributed by atoms with Gasteiger partial charge in [-0.25, -0.2) is 5.48 Å². The first-order valence-corrected chi connectivity index (χ1v) is 7.66. The number of allylic oxidation sites excluding steroid dienone is 3. The molecule has 122 valence electrons. The molecule has 0 aliphatic rings. The molecule has 2 N–H and O–H groups in total. The Morgan fingerprint density at radius 2 is 1.58 bits per heavy atom. The third kappa shape index (κ3) is 5.34. The van der Waals surface area contributed by atoms with Crippen LogP contribution in [0.15, 0.2) is 78.9 Å². The maximum atomic E-state index is 12.1. The molecule has 4 heteroatoms. The van der Waals surface area contributed by atoms with E-state index in [1.165, 1.54) is 17.6 Å². The number of carbonyl (C=O) groups is 2. The van der Waals surface area contributed by atoms with Crippen molar-refractivity contribution in [2.75, 3.05) is 0 Å². The summed E-state index contributed by atoms with van der Waals surface area (Å²) in [5.41, 5.74) is 4.40. The third-order valence-corrected chi connectivity index (χ3v) is 3.46. The van der Waals surface area contributed by atoms with Gasteiger partial charge in [0, 0.05) is 18.1 Å². The Morgan fingerprint density at radius 3 is 2.25 bits per heavy atom. The zero-order valence-electron chi connectivity index (χ0n) is 13.2. The second-order valence-electron chi connectivity index (χ2n) is 5.17. The Kier molecular flexibility index (Phi) is 6.68. The van der Waals surface area contributed by atoms with Crippen molar-refractivity contribution in [3.63, 3.8) is 0 Å². The molecular weight excluding hydrogens is 302 g/mol. The fourth-order valence-electron chi connectivity index (χ4n) is 2.19. The summed E-state index contributed by atoms with van der Waals surface area (Å²) in [5, 5.41) is 8.31. The summed E-state index contributed by atoms with van der Waals surface area (Å²) in [6.07, 6.45) is 7.16. The van der Waals surface area contributed by atoms with E-state index in [4.69, 9.17) is 5.21 Å². The average Bonchev–Trinajstić information content (AvgIpc) is 2.65. The van der Waals surface area contributed by atoms with Crippen LogP contribution in [-0.4, -0.2) is 16.9 Å². The lowest BCUT2D eigenvalue weighted by Crippen LogP contribution is -2.14. The van der Waals surface area contributed by atoms with Crippen LogP contribution in [0.1, 0.15) is 23.2 Å². The number of amides is 1. The molecule has 0 saturated carbocycles. The second-order valence-corrected chi connectivity index (χ2v) is 5.17. The highest BCUT2D eigenvalue weighted by molar-refractivity contribution is 5.96. The highest BCUT2D eigenvalue weighted by Gasteiger charge is 2.05. The minimum Gasteiger partial charge on any atom is -0.294 e. The molecule has 0 unspecified atom stereocenters. The summed E-state index contributed by atoms with van der Waals surface area (Å²) in [7, 11) is 0. The fraction of sp³-hybridized carbons (Fsp3) is 0.100. The number of carbonyl (C=O) groups excluding carboxylic acids is 2. The standard InChI is InChI=1S/C20H19NO3/c22-19(10-6-1-2-7-11-20(23)21-24)18-14-12-17(13-15-18)16-8-4-3-5-9-16/h1-5,7-9,11-15,24H,6,10H2,(H,21,23). The number of rotatable bonds is 7. The van der Waals surface area contributed by atoms with Gasteiger partial charge >= 0.3 is 0 Å². The van der Waals surface area contributed by atoms with E-state index in [0.717, 1.165) is 11.1 Å². The molecule has 0 aliphatic heterocycles. The molecule has 2 aromatic carbocycles. The van der Waals surface area contributed by atoms with Gasteiger partial charge in [-0.2, -0.15) is 0 Å². The molecule has 1 amide bonds. The van der Waals surface area contributed by atoms with E-state index in [9.17, 15) is 9.59 Å². The van der Waals surface area contributed by atoms with Crippen molar-refractivity contribution in [3.05, 3.63) is 84.5 Å². The minimum atomic E-state index is -0.589. The van der Waals surface area contributed by atoms with Crippen LogP contribution < -0.4 is 5.48 Å². The Bertz CT molecular complexity index is 731. The van der Waals surface area contributed by atoms with Crippen LogP contribution in [0.4, 0.5) is 0 Å². The second kappa shape index (κ2) is 9.22. The lowest BCUT2D eigenvalue weighted by molar-refractivity contribution is -0.124. The quantitative estimate of drug-likeness (QED) is 0.267. The molecule has 0 bridgehead atoms. The molecule has 0 aliphatic carbocycles. The van der Waals surface area contributed by atoms with Crippen LogP contribution in [0, 0.1) is 0 Å². The number of benzene rings is 2. The molecule has 0 radical (unpaired) electrons. The molecule has 0 heterocycles. The largest absolute Gasteiger partial charge is 0.294 e. The summed E-state index contributed by atoms with van der Waals surface area (Å²) in [4.78, 5) is 22.9. The number of nitrogens with one attached hydrogen (secondary N) is 1. The monoisotopic (exact) mass is 321 g/mol. The van der Waals surface area contributed by atoms with Crippen molar-refractivity contribution in [3.8, 4) is 11.1 Å². The highest BCUT2D eigenvalue weighted by atomic mass is 16.5. The summed E-state index contributed by atoms with van der Waals surface area (Å²) < 4.78 is 0. The topological polar surface area (TPSA) is 66.4 Å². The van der Waals surface area contributed by atoms with Crippen molar-refractivity contribution < 1.29 is 14.8 Å². The van der Waals surface area contributed by atoms with Gasteiger partial charge in [0.15, 0.2) is 5.78 Å². The minimum absolute atomic E-state index is 0.0799. The van der Waals surface area contributed by atoms with Crippen LogP contribution in [0.3, 0.4) is 0 Å². The lowest BCUT2D eigenvalue weighted by Gasteiger charge is -2.03. The third-order valence-electron chi connectivity index (χ3n) is 3.46. The summed E-state index contributed by atoms with van der Waals surface area (Å²) in [5.74, 6) is -0.509. The van der Waals surface area contributed by atoms with Crippen molar-refractivity contribution in [2.24, 2.45) is 0 Å². The smallest absolute Gasteiger partial charge is 0.267 e. The molecule has 2 aromatic rings. The molecule has 0 spiro atoms. The van der Waals surface area contributed by atoms with Gasteiger partial charge in [-0.3, -0.25) is 14.8 Å². The van der Waals surface area contributed by atoms with Gasteiger partial charge in [-0.05, 0) is 17.5 Å². The van der Waals surface area contributed by atoms with Gasteiger partial charge in [0.25, 0.3) is 5.91 Å². The number of Topliss-reactive ketones (excluding diaryl/α,β-unsaturated/α-hetero) is 1. The first-order chi connectivity index (χ1) is 11.7. The fourth-order valence-corrected chi connectivity index (χ4v) is 2.19. The molecular formula is C20H19NO3. The van der Waals surface area contributed by atoms with E-state index in [0.29, 0.717) is 18.4 Å². The number of ketones is 1. The highest BCUT2D eigenvalue weighted by Crippen LogP contribution is 2.19. The van der Waals surface area contributed by atoms with Crippen molar-refractivity contribution in [1.29, 1.82) is 0 Å². The molecule has 0 saturated heterocycles. The van der Waals surface area contributed by atoms with Crippen molar-refractivity contribution in [2.45, 2.75) is 12.8 Å². The van der Waals surface area contributed by atoms with E-state index in [-0.39, 0.29) is 5.78 Å². The molecule has 0 atom stereocenters.